The van der Waals surface area contributed by atoms with E-state index in [1.807, 2.05) is 10.9 Å². The zero-order valence-corrected chi connectivity index (χ0v) is 16.5. The molecule has 0 spiro atoms. The second-order valence-corrected chi connectivity index (χ2v) is 8.18. The van der Waals surface area contributed by atoms with Crippen molar-refractivity contribution in [2.45, 2.75) is 51.6 Å². The molecule has 2 N–H and O–H groups in total. The molecular formula is C17H26ClN5OS. The fourth-order valence-corrected chi connectivity index (χ4v) is 3.67. The Kier molecular flexibility index (Phi) is 6.59. The Hall–Kier alpha value is -1.44. The van der Waals surface area contributed by atoms with Crippen LogP contribution in [0.15, 0.2) is 17.6 Å². The second kappa shape index (κ2) is 8.29. The number of aromatic nitrogens is 3. The number of thiazole rings is 1. The number of carbonyl (C=O) groups excluding carboxylic acids is 1. The maximum atomic E-state index is 12.3. The monoisotopic (exact) mass is 383 g/mol. The molecule has 8 heteroatoms. The van der Waals surface area contributed by atoms with Crippen LogP contribution in [-0.2, 0) is 12.0 Å². The van der Waals surface area contributed by atoms with Gasteiger partial charge in [-0.2, -0.15) is 5.10 Å². The molecule has 2 aromatic heterocycles. The van der Waals surface area contributed by atoms with Gasteiger partial charge in [-0.05, 0) is 25.5 Å². The number of nitrogens with one attached hydrogen (secondary N) is 2. The summed E-state index contributed by atoms with van der Waals surface area (Å²) in [6.45, 7) is 8.83. The van der Waals surface area contributed by atoms with Crippen LogP contribution in [0, 0.1) is 0 Å². The minimum Gasteiger partial charge on any atom is -0.344 e. The van der Waals surface area contributed by atoms with E-state index in [0.29, 0.717) is 18.3 Å². The molecule has 1 fully saturated rings. The molecule has 0 aromatic carbocycles. The number of hydrogen-bond donors (Lipinski definition) is 2. The molecule has 1 unspecified atom stereocenters. The first-order valence-corrected chi connectivity index (χ1v) is 9.30. The molecule has 0 bridgehead atoms. The van der Waals surface area contributed by atoms with Gasteiger partial charge in [0.2, 0.25) is 0 Å². The average Bonchev–Trinajstić information content (AvgIpc) is 3.22. The molecule has 0 aliphatic carbocycles. The van der Waals surface area contributed by atoms with Crippen LogP contribution < -0.4 is 10.6 Å². The third kappa shape index (κ3) is 5.03. The van der Waals surface area contributed by atoms with E-state index in [1.165, 1.54) is 0 Å². The maximum Gasteiger partial charge on any atom is 0.272 e. The van der Waals surface area contributed by atoms with E-state index in [0.717, 1.165) is 36.6 Å². The third-order valence-electron chi connectivity index (χ3n) is 4.21. The molecule has 138 valence electrons. The Morgan fingerprint density at radius 3 is 2.92 bits per heavy atom. The molecular weight excluding hydrogens is 358 g/mol. The molecule has 1 amide bonds. The molecule has 2 aromatic rings. The van der Waals surface area contributed by atoms with Crippen molar-refractivity contribution in [2.75, 3.05) is 13.1 Å². The van der Waals surface area contributed by atoms with Crippen molar-refractivity contribution < 1.29 is 4.79 Å². The highest BCUT2D eigenvalue weighted by Crippen LogP contribution is 2.23. The molecule has 3 heterocycles. The molecule has 3 rings (SSSR count). The van der Waals surface area contributed by atoms with E-state index in [1.54, 1.807) is 17.4 Å². The van der Waals surface area contributed by atoms with E-state index < -0.39 is 0 Å². The first-order valence-electron chi connectivity index (χ1n) is 8.42. The van der Waals surface area contributed by atoms with E-state index >= 15 is 0 Å². The van der Waals surface area contributed by atoms with Gasteiger partial charge in [0.25, 0.3) is 5.91 Å². The molecule has 0 radical (unpaired) electrons. The van der Waals surface area contributed by atoms with Crippen molar-refractivity contribution in [2.24, 2.45) is 0 Å². The highest BCUT2D eigenvalue weighted by atomic mass is 35.5. The van der Waals surface area contributed by atoms with Gasteiger partial charge in [-0.1, -0.05) is 20.8 Å². The average molecular weight is 384 g/mol. The van der Waals surface area contributed by atoms with Gasteiger partial charge in [0.05, 0.1) is 18.3 Å². The van der Waals surface area contributed by atoms with E-state index in [9.17, 15) is 4.79 Å². The topological polar surface area (TPSA) is 71.8 Å². The summed E-state index contributed by atoms with van der Waals surface area (Å²) in [5.41, 5.74) is 1.56. The summed E-state index contributed by atoms with van der Waals surface area (Å²) in [7, 11) is 0. The summed E-state index contributed by atoms with van der Waals surface area (Å²) in [6, 6.07) is 2.13. The third-order valence-corrected chi connectivity index (χ3v) is 5.06. The quantitative estimate of drug-likeness (QED) is 0.851. The Bertz CT molecular complexity index is 700. The predicted octanol–water partition coefficient (Wildman–Crippen LogP) is 2.91. The van der Waals surface area contributed by atoms with Crippen LogP contribution in [0.4, 0.5) is 0 Å². The van der Waals surface area contributed by atoms with Gasteiger partial charge in [0.15, 0.2) is 0 Å². The number of rotatable bonds is 4. The lowest BCUT2D eigenvalue weighted by Crippen LogP contribution is -2.32. The number of piperidine rings is 1. The van der Waals surface area contributed by atoms with E-state index in [4.69, 9.17) is 0 Å². The highest BCUT2D eigenvalue weighted by Gasteiger charge is 2.19. The Morgan fingerprint density at radius 2 is 2.28 bits per heavy atom. The van der Waals surface area contributed by atoms with Crippen molar-refractivity contribution in [3.05, 3.63) is 34.0 Å². The smallest absolute Gasteiger partial charge is 0.272 e. The largest absolute Gasteiger partial charge is 0.344 e. The van der Waals surface area contributed by atoms with Crippen LogP contribution in [0.25, 0.3) is 0 Å². The lowest BCUT2D eigenvalue weighted by atomic mass is 9.93. The predicted molar refractivity (Wildman–Crippen MR) is 103 cm³/mol. The minimum atomic E-state index is -0.148. The number of halogens is 1. The molecule has 1 aliphatic rings. The summed E-state index contributed by atoms with van der Waals surface area (Å²) in [5.74, 6) is -0.148. The summed E-state index contributed by atoms with van der Waals surface area (Å²) in [6.07, 6.45) is 4.14. The van der Waals surface area contributed by atoms with E-state index in [-0.39, 0.29) is 23.7 Å². The van der Waals surface area contributed by atoms with Crippen molar-refractivity contribution in [3.8, 4) is 0 Å². The molecule has 6 nitrogen and oxygen atoms in total. The number of hydrogen-bond acceptors (Lipinski definition) is 5. The SMILES string of the molecule is CC(C)(C)c1csc(CNC(=O)c2ccn(C3CCCNC3)n2)n1.Cl. The van der Waals surface area contributed by atoms with Crippen molar-refractivity contribution in [1.29, 1.82) is 0 Å². The lowest BCUT2D eigenvalue weighted by molar-refractivity contribution is 0.0944. The molecule has 1 atom stereocenters. The normalized spacial score (nSPS) is 17.8. The first-order chi connectivity index (χ1) is 11.4. The van der Waals surface area contributed by atoms with Gasteiger partial charge >= 0.3 is 0 Å². The highest BCUT2D eigenvalue weighted by molar-refractivity contribution is 7.09. The Morgan fingerprint density at radius 1 is 1.48 bits per heavy atom. The molecule has 25 heavy (non-hydrogen) atoms. The van der Waals surface area contributed by atoms with Crippen molar-refractivity contribution in [3.63, 3.8) is 0 Å². The van der Waals surface area contributed by atoms with Crippen LogP contribution in [0.3, 0.4) is 0 Å². The zero-order chi connectivity index (χ0) is 17.2. The van der Waals surface area contributed by atoms with E-state index in [2.05, 4.69) is 46.9 Å². The Balaban J connectivity index is 0.00000225. The van der Waals surface area contributed by atoms with Crippen LogP contribution in [0.2, 0.25) is 0 Å². The fraction of sp³-hybridized carbons (Fsp3) is 0.588. The van der Waals surface area contributed by atoms with Crippen molar-refractivity contribution >= 4 is 29.7 Å². The van der Waals surface area contributed by atoms with Gasteiger partial charge in [-0.3, -0.25) is 9.48 Å². The summed E-state index contributed by atoms with van der Waals surface area (Å²) in [5, 5.41) is 13.7. The number of nitrogens with zero attached hydrogens (tertiary/aromatic N) is 3. The summed E-state index contributed by atoms with van der Waals surface area (Å²) >= 11 is 1.58. The van der Waals surface area contributed by atoms with Gasteiger partial charge in [-0.25, -0.2) is 4.98 Å². The molecule has 1 saturated heterocycles. The Labute approximate surface area is 158 Å². The van der Waals surface area contributed by atoms with Gasteiger partial charge in [0, 0.05) is 23.5 Å². The molecule has 1 aliphatic heterocycles. The summed E-state index contributed by atoms with van der Waals surface area (Å²) < 4.78 is 1.90. The van der Waals surface area contributed by atoms with Crippen LogP contribution in [-0.4, -0.2) is 33.8 Å². The van der Waals surface area contributed by atoms with Gasteiger partial charge < -0.3 is 10.6 Å². The van der Waals surface area contributed by atoms with Crippen LogP contribution in [0.5, 0.6) is 0 Å². The van der Waals surface area contributed by atoms with Crippen LogP contribution >= 0.6 is 23.7 Å². The standard InChI is InChI=1S/C17H25N5OS.ClH/c1-17(2,3)14-11-24-15(20-14)10-19-16(23)13-6-8-22(21-13)12-5-4-7-18-9-12;/h6,8,11-12,18H,4-5,7,9-10H2,1-3H3,(H,19,23);1H. The zero-order valence-electron chi connectivity index (χ0n) is 14.9. The molecule has 0 saturated carbocycles. The van der Waals surface area contributed by atoms with Crippen molar-refractivity contribution in [1.82, 2.24) is 25.4 Å². The van der Waals surface area contributed by atoms with Crippen LogP contribution in [0.1, 0.15) is 60.8 Å². The maximum absolute atomic E-state index is 12.3. The number of carbonyl (C=O) groups is 1. The second-order valence-electron chi connectivity index (χ2n) is 7.24. The summed E-state index contributed by atoms with van der Waals surface area (Å²) in [4.78, 5) is 16.9. The van der Waals surface area contributed by atoms with Gasteiger partial charge in [0.1, 0.15) is 10.7 Å². The first kappa shape index (κ1) is 19.9. The minimum absolute atomic E-state index is 0. The number of amides is 1. The fourth-order valence-electron chi connectivity index (χ4n) is 2.70. The van der Waals surface area contributed by atoms with Gasteiger partial charge in [-0.15, -0.1) is 23.7 Å². The lowest BCUT2D eigenvalue weighted by Gasteiger charge is -2.22.